The Bertz CT molecular complexity index is 254. The van der Waals surface area contributed by atoms with E-state index in [1.54, 1.807) is 0 Å². The lowest BCUT2D eigenvalue weighted by Crippen LogP contribution is -2.20. The quantitative estimate of drug-likeness (QED) is 0.138. The lowest BCUT2D eigenvalue weighted by Gasteiger charge is -2.06. The van der Waals surface area contributed by atoms with Crippen molar-refractivity contribution in [1.29, 1.82) is 0 Å². The molecule has 152 valence electrons. The van der Waals surface area contributed by atoms with Gasteiger partial charge in [0.2, 0.25) is 0 Å². The summed E-state index contributed by atoms with van der Waals surface area (Å²) in [5.41, 5.74) is -2.38. The molecule has 0 aromatic carbocycles. The third kappa shape index (κ3) is 24.3. The number of unbranched alkanes of at least 4 members (excludes halogenated alkanes) is 17. The average molecular weight is 378 g/mol. The Morgan fingerprint density at radius 3 is 1.04 bits per heavy atom. The molecule has 0 amide bonds. The van der Waals surface area contributed by atoms with Gasteiger partial charge in [-0.3, -0.25) is 0 Å². The first-order valence-corrected chi connectivity index (χ1v) is 12.5. The summed E-state index contributed by atoms with van der Waals surface area (Å²) in [7, 11) is -0.666. The molecule has 0 heterocycles. The second-order valence-corrected chi connectivity index (χ2v) is 9.45. The highest BCUT2D eigenvalue weighted by molar-refractivity contribution is 7.39. The van der Waals surface area contributed by atoms with Crippen LogP contribution in [-0.4, -0.2) is 27.2 Å². The van der Waals surface area contributed by atoms with E-state index in [1.807, 2.05) is 0 Å². The summed E-state index contributed by atoms with van der Waals surface area (Å²) in [6.07, 6.45) is 25.3. The Balaban J connectivity index is 3.01. The van der Waals surface area contributed by atoms with Crippen molar-refractivity contribution in [3.8, 4) is 0 Å². The molecule has 0 spiro atoms. The molecule has 3 N–H and O–H groups in total. The Labute approximate surface area is 158 Å². The van der Waals surface area contributed by atoms with Crippen LogP contribution >= 0.6 is 8.58 Å². The van der Waals surface area contributed by atoms with Crippen molar-refractivity contribution in [3.63, 3.8) is 0 Å². The fourth-order valence-corrected chi connectivity index (χ4v) is 4.22. The van der Waals surface area contributed by atoms with Crippen molar-refractivity contribution in [1.82, 2.24) is 0 Å². The van der Waals surface area contributed by atoms with E-state index in [2.05, 4.69) is 6.92 Å². The number of hydrogen-bond donors (Lipinski definition) is 3. The van der Waals surface area contributed by atoms with Gasteiger partial charge in [-0.25, -0.2) is 0 Å². The molecule has 0 aromatic rings. The minimum atomic E-state index is -2.38. The zero-order chi connectivity index (χ0) is 18.6. The van der Waals surface area contributed by atoms with Crippen molar-refractivity contribution in [2.24, 2.45) is 0 Å². The molecule has 0 saturated heterocycles. The van der Waals surface area contributed by atoms with Crippen LogP contribution in [0, 0.1) is 0 Å². The third-order valence-electron chi connectivity index (χ3n) is 4.98. The van der Waals surface area contributed by atoms with Gasteiger partial charge in [-0.15, -0.1) is 0 Å². The molecule has 0 bridgehead atoms. The van der Waals surface area contributed by atoms with Gasteiger partial charge in [-0.1, -0.05) is 110 Å². The molecule has 3 nitrogen and oxygen atoms in total. The van der Waals surface area contributed by atoms with Crippen LogP contribution in [0.5, 0.6) is 0 Å². The summed E-state index contributed by atoms with van der Waals surface area (Å²) in [6.45, 7) is 2.28. The van der Waals surface area contributed by atoms with Gasteiger partial charge in [0.25, 0.3) is 0 Å². The SMILES string of the molecule is CCCCCCCCCCCCCCCCCCCC[PH2+]C(O)(O)O. The van der Waals surface area contributed by atoms with E-state index in [4.69, 9.17) is 15.3 Å². The van der Waals surface area contributed by atoms with Gasteiger partial charge >= 0.3 is 5.71 Å². The standard InChI is InChI=1S/C21H45O3P/c1-2-3-4-5-6-7-8-9-10-11-12-13-14-15-16-17-18-19-20-25-21(22,23)24/h22-25H,2-20H2,1H3/p+1. The first-order valence-electron chi connectivity index (χ1n) is 11.1. The zero-order valence-electron chi connectivity index (χ0n) is 16.9. The van der Waals surface area contributed by atoms with Gasteiger partial charge in [0, 0.05) is 0 Å². The van der Waals surface area contributed by atoms with Crippen molar-refractivity contribution < 1.29 is 15.3 Å². The van der Waals surface area contributed by atoms with Gasteiger partial charge in [-0.05, 0) is 12.8 Å². The molecular formula is C21H46O3P+. The van der Waals surface area contributed by atoms with Crippen LogP contribution in [0.2, 0.25) is 0 Å². The maximum Gasteiger partial charge on any atom is 0.391 e. The van der Waals surface area contributed by atoms with Crippen LogP contribution in [0.25, 0.3) is 0 Å². The Morgan fingerprint density at radius 2 is 0.760 bits per heavy atom. The lowest BCUT2D eigenvalue weighted by atomic mass is 10.0. The normalized spacial score (nSPS) is 12.5. The van der Waals surface area contributed by atoms with Crippen LogP contribution in [-0.2, 0) is 0 Å². The second-order valence-electron chi connectivity index (χ2n) is 7.69. The van der Waals surface area contributed by atoms with E-state index < -0.39 is 14.3 Å². The van der Waals surface area contributed by atoms with Gasteiger partial charge in [0.1, 0.15) is 0 Å². The Hall–Kier alpha value is 0.310. The van der Waals surface area contributed by atoms with E-state index in [1.165, 1.54) is 103 Å². The molecule has 1 atom stereocenters. The highest BCUT2D eigenvalue weighted by atomic mass is 31.1. The van der Waals surface area contributed by atoms with Gasteiger partial charge in [-0.2, -0.15) is 0 Å². The molecule has 0 aromatic heterocycles. The summed E-state index contributed by atoms with van der Waals surface area (Å²) < 4.78 is 0. The minimum absolute atomic E-state index is 0.666. The number of aliphatic hydroxyl groups is 3. The molecule has 0 fully saturated rings. The smallest absolute Gasteiger partial charge is 0.311 e. The predicted octanol–water partition coefficient (Wildman–Crippen LogP) is 6.03. The summed E-state index contributed by atoms with van der Waals surface area (Å²) in [5, 5.41) is 26.4. The molecule has 1 unspecified atom stereocenters. The maximum atomic E-state index is 8.81. The van der Waals surface area contributed by atoms with Crippen LogP contribution in [0.3, 0.4) is 0 Å². The van der Waals surface area contributed by atoms with E-state index in [-0.39, 0.29) is 0 Å². The fourth-order valence-electron chi connectivity index (χ4n) is 3.34. The second kappa shape index (κ2) is 19.1. The molecule has 0 aliphatic carbocycles. The van der Waals surface area contributed by atoms with Crippen molar-refractivity contribution in [2.45, 2.75) is 128 Å². The maximum absolute atomic E-state index is 8.81. The van der Waals surface area contributed by atoms with Gasteiger partial charge in [0.15, 0.2) is 0 Å². The summed E-state index contributed by atoms with van der Waals surface area (Å²) in [4.78, 5) is 0. The monoisotopic (exact) mass is 377 g/mol. The van der Waals surface area contributed by atoms with Crippen molar-refractivity contribution in [3.05, 3.63) is 0 Å². The highest BCUT2D eigenvalue weighted by Crippen LogP contribution is 2.25. The molecule has 4 heteroatoms. The third-order valence-corrected chi connectivity index (χ3v) is 6.22. The van der Waals surface area contributed by atoms with E-state index >= 15 is 0 Å². The zero-order valence-corrected chi connectivity index (χ0v) is 18.0. The van der Waals surface area contributed by atoms with E-state index in [9.17, 15) is 0 Å². The summed E-state index contributed by atoms with van der Waals surface area (Å²) in [5.74, 6) is 0. The molecule has 0 aliphatic heterocycles. The Kier molecular flexibility index (Phi) is 19.3. The first-order chi connectivity index (χ1) is 12.1. The predicted molar refractivity (Wildman–Crippen MR) is 113 cm³/mol. The Morgan fingerprint density at radius 1 is 0.480 bits per heavy atom. The molecule has 0 saturated carbocycles. The van der Waals surface area contributed by atoms with E-state index in [0.29, 0.717) is 0 Å². The highest BCUT2D eigenvalue weighted by Gasteiger charge is 2.24. The van der Waals surface area contributed by atoms with E-state index in [0.717, 1.165) is 19.0 Å². The van der Waals surface area contributed by atoms with Crippen molar-refractivity contribution in [2.75, 3.05) is 6.16 Å². The average Bonchev–Trinajstić information content (AvgIpc) is 2.56. The minimum Gasteiger partial charge on any atom is -0.311 e. The largest absolute Gasteiger partial charge is 0.391 e. The molecule has 0 aliphatic rings. The number of hydrogen-bond acceptors (Lipinski definition) is 3. The topological polar surface area (TPSA) is 60.7 Å². The molecule has 0 radical (unpaired) electrons. The van der Waals surface area contributed by atoms with Crippen LogP contribution in [0.4, 0.5) is 0 Å². The number of rotatable bonds is 20. The van der Waals surface area contributed by atoms with Gasteiger partial charge < -0.3 is 15.3 Å². The van der Waals surface area contributed by atoms with Gasteiger partial charge in [0.05, 0.1) is 14.7 Å². The van der Waals surface area contributed by atoms with Crippen LogP contribution in [0.1, 0.15) is 122 Å². The molecule has 0 rings (SSSR count). The summed E-state index contributed by atoms with van der Waals surface area (Å²) in [6, 6.07) is 0. The molecular weight excluding hydrogens is 331 g/mol. The molecule has 25 heavy (non-hydrogen) atoms. The van der Waals surface area contributed by atoms with Crippen LogP contribution < -0.4 is 0 Å². The van der Waals surface area contributed by atoms with Crippen molar-refractivity contribution >= 4 is 8.58 Å². The lowest BCUT2D eigenvalue weighted by molar-refractivity contribution is -0.238. The van der Waals surface area contributed by atoms with Crippen LogP contribution in [0.15, 0.2) is 0 Å². The fraction of sp³-hybridized carbons (Fsp3) is 1.00. The first kappa shape index (κ1) is 25.3. The summed E-state index contributed by atoms with van der Waals surface area (Å²) >= 11 is 0.